The Morgan fingerprint density at radius 1 is 1.47 bits per heavy atom. The van der Waals surface area contributed by atoms with Crippen molar-refractivity contribution < 1.29 is 0 Å². The summed E-state index contributed by atoms with van der Waals surface area (Å²) in [5, 5.41) is 5.62. The average molecular weight is 223 g/mol. The molecule has 2 heteroatoms. The third-order valence-corrected chi connectivity index (χ3v) is 3.65. The molecule has 84 valence electrons. The first kappa shape index (κ1) is 12.5. The second-order valence-electron chi connectivity index (χ2n) is 4.77. The summed E-state index contributed by atoms with van der Waals surface area (Å²) < 4.78 is 0. The van der Waals surface area contributed by atoms with E-state index in [-0.39, 0.29) is 5.41 Å². The lowest BCUT2D eigenvalue weighted by Gasteiger charge is -2.23. The molecule has 0 saturated heterocycles. The fraction of sp³-hybridized carbons (Fsp3) is 0.538. The van der Waals surface area contributed by atoms with Gasteiger partial charge in [-0.2, -0.15) is 0 Å². The van der Waals surface area contributed by atoms with Gasteiger partial charge in [-0.3, -0.25) is 0 Å². The van der Waals surface area contributed by atoms with Crippen LogP contribution in [0, 0.1) is 0 Å². The van der Waals surface area contributed by atoms with Crippen LogP contribution < -0.4 is 5.32 Å². The van der Waals surface area contributed by atoms with Gasteiger partial charge in [-0.1, -0.05) is 31.6 Å². The van der Waals surface area contributed by atoms with E-state index >= 15 is 0 Å². The molecule has 0 saturated carbocycles. The van der Waals surface area contributed by atoms with Crippen molar-refractivity contribution in [1.82, 2.24) is 5.32 Å². The van der Waals surface area contributed by atoms with Crippen LogP contribution in [-0.4, -0.2) is 13.1 Å². The highest BCUT2D eigenvalue weighted by Crippen LogP contribution is 2.26. The molecule has 0 atom stereocenters. The van der Waals surface area contributed by atoms with E-state index in [1.165, 1.54) is 10.5 Å². The minimum atomic E-state index is 0.240. The molecule has 0 spiro atoms. The van der Waals surface area contributed by atoms with Crippen molar-refractivity contribution in [3.63, 3.8) is 0 Å². The summed E-state index contributed by atoms with van der Waals surface area (Å²) in [5.41, 5.74) is 1.61. The van der Waals surface area contributed by atoms with Crippen LogP contribution >= 0.6 is 11.3 Å². The van der Waals surface area contributed by atoms with E-state index in [0.29, 0.717) is 0 Å². The molecule has 1 aromatic heterocycles. The van der Waals surface area contributed by atoms with E-state index in [2.05, 4.69) is 56.6 Å². The lowest BCUT2D eigenvalue weighted by Crippen LogP contribution is -2.32. The van der Waals surface area contributed by atoms with E-state index < -0.39 is 0 Å². The number of nitrogens with one attached hydrogen (secondary N) is 1. The van der Waals surface area contributed by atoms with Gasteiger partial charge in [-0.05, 0) is 25.3 Å². The normalized spacial score (nSPS) is 11.5. The molecule has 0 aliphatic rings. The highest BCUT2D eigenvalue weighted by molar-refractivity contribution is 7.10. The lowest BCUT2D eigenvalue weighted by atomic mass is 9.91. The second-order valence-corrected chi connectivity index (χ2v) is 5.72. The highest BCUT2D eigenvalue weighted by atomic mass is 32.1. The molecule has 0 unspecified atom stereocenters. The SMILES string of the molecule is CC(C)=CCNCC(C)(C)c1cccs1. The van der Waals surface area contributed by atoms with Gasteiger partial charge in [-0.25, -0.2) is 0 Å². The molecular weight excluding hydrogens is 202 g/mol. The van der Waals surface area contributed by atoms with Gasteiger partial charge in [0, 0.05) is 23.4 Å². The molecule has 1 aromatic rings. The van der Waals surface area contributed by atoms with Crippen molar-refractivity contribution >= 4 is 11.3 Å². The van der Waals surface area contributed by atoms with Crippen LogP contribution in [0.5, 0.6) is 0 Å². The molecule has 0 aliphatic heterocycles. The monoisotopic (exact) mass is 223 g/mol. The first-order chi connectivity index (χ1) is 7.02. The molecule has 0 bridgehead atoms. The Kier molecular flexibility index (Phi) is 4.55. The van der Waals surface area contributed by atoms with Gasteiger partial charge in [0.1, 0.15) is 0 Å². The van der Waals surface area contributed by atoms with Crippen LogP contribution in [0.1, 0.15) is 32.6 Å². The Balaban J connectivity index is 2.41. The molecule has 1 N–H and O–H groups in total. The standard InChI is InChI=1S/C13H21NS/c1-11(2)7-8-14-10-13(3,4)12-6-5-9-15-12/h5-7,9,14H,8,10H2,1-4H3. The summed E-state index contributed by atoms with van der Waals surface area (Å²) in [4.78, 5) is 1.45. The van der Waals surface area contributed by atoms with E-state index in [4.69, 9.17) is 0 Å². The average Bonchev–Trinajstić information content (AvgIpc) is 2.65. The zero-order valence-corrected chi connectivity index (χ0v) is 10.9. The lowest BCUT2D eigenvalue weighted by molar-refractivity contribution is 0.492. The minimum absolute atomic E-state index is 0.240. The Bertz CT molecular complexity index is 305. The van der Waals surface area contributed by atoms with Gasteiger partial charge < -0.3 is 5.32 Å². The molecule has 0 fully saturated rings. The maximum atomic E-state index is 3.48. The zero-order chi connectivity index (χ0) is 11.3. The third-order valence-electron chi connectivity index (χ3n) is 2.41. The van der Waals surface area contributed by atoms with Crippen LogP contribution in [0.2, 0.25) is 0 Å². The summed E-state index contributed by atoms with van der Waals surface area (Å²) in [6, 6.07) is 4.34. The van der Waals surface area contributed by atoms with Crippen LogP contribution in [-0.2, 0) is 5.41 Å². The third kappa shape index (κ3) is 4.18. The number of rotatable bonds is 5. The first-order valence-electron chi connectivity index (χ1n) is 5.40. The van der Waals surface area contributed by atoms with Gasteiger partial charge in [-0.15, -0.1) is 11.3 Å². The Labute approximate surface area is 97.2 Å². The quantitative estimate of drug-likeness (QED) is 0.594. The summed E-state index contributed by atoms with van der Waals surface area (Å²) >= 11 is 1.84. The topological polar surface area (TPSA) is 12.0 Å². The Morgan fingerprint density at radius 2 is 2.20 bits per heavy atom. The maximum absolute atomic E-state index is 3.48. The molecule has 0 amide bonds. The molecule has 15 heavy (non-hydrogen) atoms. The smallest absolute Gasteiger partial charge is 0.0137 e. The number of hydrogen-bond donors (Lipinski definition) is 1. The molecule has 0 radical (unpaired) electrons. The summed E-state index contributed by atoms with van der Waals surface area (Å²) in [7, 11) is 0. The van der Waals surface area contributed by atoms with Gasteiger partial charge in [0.05, 0.1) is 0 Å². The molecular formula is C13H21NS. The fourth-order valence-corrected chi connectivity index (χ4v) is 2.26. The molecule has 0 aliphatic carbocycles. The fourth-order valence-electron chi connectivity index (χ4n) is 1.41. The predicted molar refractivity (Wildman–Crippen MR) is 69.6 cm³/mol. The van der Waals surface area contributed by atoms with Crippen LogP contribution in [0.3, 0.4) is 0 Å². The van der Waals surface area contributed by atoms with Gasteiger partial charge >= 0.3 is 0 Å². The van der Waals surface area contributed by atoms with E-state index in [1.54, 1.807) is 0 Å². The van der Waals surface area contributed by atoms with Crippen molar-refractivity contribution in [1.29, 1.82) is 0 Å². The van der Waals surface area contributed by atoms with Crippen LogP contribution in [0.15, 0.2) is 29.2 Å². The largest absolute Gasteiger partial charge is 0.312 e. The molecule has 1 heterocycles. The summed E-state index contributed by atoms with van der Waals surface area (Å²) in [5.74, 6) is 0. The van der Waals surface area contributed by atoms with Crippen LogP contribution in [0.25, 0.3) is 0 Å². The minimum Gasteiger partial charge on any atom is -0.312 e. The molecule has 1 nitrogen and oxygen atoms in total. The summed E-state index contributed by atoms with van der Waals surface area (Å²) in [6.07, 6.45) is 2.23. The molecule has 0 aromatic carbocycles. The summed E-state index contributed by atoms with van der Waals surface area (Å²) in [6.45, 7) is 10.8. The number of hydrogen-bond acceptors (Lipinski definition) is 2. The van der Waals surface area contributed by atoms with Gasteiger partial charge in [0.2, 0.25) is 0 Å². The Hall–Kier alpha value is -0.600. The second kappa shape index (κ2) is 5.47. The van der Waals surface area contributed by atoms with Gasteiger partial charge in [0.15, 0.2) is 0 Å². The van der Waals surface area contributed by atoms with E-state index in [1.807, 2.05) is 11.3 Å². The predicted octanol–water partition coefficient (Wildman–Crippen LogP) is 3.58. The van der Waals surface area contributed by atoms with E-state index in [0.717, 1.165) is 13.1 Å². The molecule has 1 rings (SSSR count). The maximum Gasteiger partial charge on any atom is 0.0137 e. The van der Waals surface area contributed by atoms with Crippen molar-refractivity contribution in [2.45, 2.75) is 33.1 Å². The first-order valence-corrected chi connectivity index (χ1v) is 6.28. The van der Waals surface area contributed by atoms with E-state index in [9.17, 15) is 0 Å². The van der Waals surface area contributed by atoms with Crippen molar-refractivity contribution in [2.24, 2.45) is 0 Å². The van der Waals surface area contributed by atoms with Crippen molar-refractivity contribution in [3.05, 3.63) is 34.0 Å². The van der Waals surface area contributed by atoms with Gasteiger partial charge in [0.25, 0.3) is 0 Å². The Morgan fingerprint density at radius 3 is 2.73 bits per heavy atom. The van der Waals surface area contributed by atoms with Crippen molar-refractivity contribution in [2.75, 3.05) is 13.1 Å². The van der Waals surface area contributed by atoms with Crippen molar-refractivity contribution in [3.8, 4) is 0 Å². The van der Waals surface area contributed by atoms with Crippen LogP contribution in [0.4, 0.5) is 0 Å². The number of allylic oxidation sites excluding steroid dienone is 1. The zero-order valence-electron chi connectivity index (χ0n) is 10.1. The number of thiophene rings is 1. The highest BCUT2D eigenvalue weighted by Gasteiger charge is 2.20.